The predicted molar refractivity (Wildman–Crippen MR) is 80.1 cm³/mol. The van der Waals surface area contributed by atoms with Gasteiger partial charge in [0, 0.05) is 6.42 Å². The van der Waals surface area contributed by atoms with Crippen molar-refractivity contribution in [2.75, 3.05) is 0 Å². The van der Waals surface area contributed by atoms with E-state index in [0.29, 0.717) is 11.7 Å². The molecule has 1 atom stereocenters. The van der Waals surface area contributed by atoms with Crippen molar-refractivity contribution in [3.8, 4) is 0 Å². The Morgan fingerprint density at radius 1 is 0.941 bits per heavy atom. The van der Waals surface area contributed by atoms with Gasteiger partial charge in [0.1, 0.15) is 0 Å². The van der Waals surface area contributed by atoms with Crippen molar-refractivity contribution in [2.45, 2.75) is 82.8 Å². The zero-order valence-corrected chi connectivity index (χ0v) is 12.7. The third-order valence-electron chi connectivity index (χ3n) is 3.00. The summed E-state index contributed by atoms with van der Waals surface area (Å²) in [6.45, 7) is 2.16. The number of hydrogen-bond donors (Lipinski definition) is 1. The number of carbonyl (C=O) groups is 1. The summed E-state index contributed by atoms with van der Waals surface area (Å²) in [5.74, 6) is 0. The van der Waals surface area contributed by atoms with Crippen LogP contribution in [0.15, 0.2) is 0 Å². The molecule has 0 radical (unpaired) electrons. The molecule has 0 rings (SSSR count). The van der Waals surface area contributed by atoms with Gasteiger partial charge in [0.05, 0.1) is 0 Å². The van der Waals surface area contributed by atoms with Crippen LogP contribution in [0.25, 0.3) is 0 Å². The Balaban J connectivity index is 2.96. The van der Waals surface area contributed by atoms with Gasteiger partial charge < -0.3 is 0 Å². The third kappa shape index (κ3) is 16.3. The Kier molecular flexibility index (Phi) is 13.0. The van der Waals surface area contributed by atoms with Crippen LogP contribution in [0.5, 0.6) is 0 Å². The van der Waals surface area contributed by atoms with Crippen LogP contribution in [0.4, 0.5) is 0 Å². The average Bonchev–Trinajstić information content (AvgIpc) is 2.25. The minimum absolute atomic E-state index is 0.191. The fraction of sp³-hybridized carbons (Fsp3) is 0.929. The van der Waals surface area contributed by atoms with Gasteiger partial charge >= 0.3 is 0 Å². The molecule has 0 fully saturated rings. The molecule has 1 unspecified atom stereocenters. The van der Waals surface area contributed by atoms with Crippen molar-refractivity contribution < 1.29 is 4.79 Å². The fourth-order valence-electron chi connectivity index (χ4n) is 1.94. The number of thiol groups is 1. The summed E-state index contributed by atoms with van der Waals surface area (Å²) < 4.78 is 0. The van der Waals surface area contributed by atoms with Crippen LogP contribution < -0.4 is 0 Å². The molecular weight excluding hydrogens is 252 g/mol. The molecule has 0 aliphatic heterocycles. The lowest BCUT2D eigenvalue weighted by molar-refractivity contribution is -0.111. The van der Waals surface area contributed by atoms with Crippen LogP contribution in [0, 0.1) is 0 Å². The minimum Gasteiger partial charge on any atom is -0.281 e. The lowest BCUT2D eigenvalue weighted by Gasteiger charge is -2.04. The number of carbonyl (C=O) groups excluding carboxylic acids is 1. The van der Waals surface area contributed by atoms with Crippen LogP contribution in [0.3, 0.4) is 0 Å². The van der Waals surface area contributed by atoms with E-state index in [1.54, 1.807) is 0 Å². The van der Waals surface area contributed by atoms with Crippen LogP contribution in [-0.2, 0) is 4.79 Å². The van der Waals surface area contributed by atoms with Crippen molar-refractivity contribution in [2.24, 2.45) is 0 Å². The molecule has 0 amide bonds. The molecular formula is C14H27ClOS. The van der Waals surface area contributed by atoms with E-state index in [0.717, 1.165) is 12.8 Å². The molecule has 0 aliphatic carbocycles. The van der Waals surface area contributed by atoms with Crippen LogP contribution >= 0.6 is 24.2 Å². The maximum atomic E-state index is 10.5. The van der Waals surface area contributed by atoms with Crippen molar-refractivity contribution >= 4 is 29.5 Å². The second kappa shape index (κ2) is 12.8. The standard InChI is InChI=1S/C14H27ClOS/c1-13(17)11-9-7-5-3-2-4-6-8-10-12-14(15)16/h13,17H,2-12H2,1H3. The quantitative estimate of drug-likeness (QED) is 0.289. The summed E-state index contributed by atoms with van der Waals surface area (Å²) >= 11 is 9.64. The Morgan fingerprint density at radius 3 is 1.76 bits per heavy atom. The van der Waals surface area contributed by atoms with Crippen LogP contribution in [0.1, 0.15) is 77.6 Å². The van der Waals surface area contributed by atoms with Crippen molar-refractivity contribution in [1.82, 2.24) is 0 Å². The van der Waals surface area contributed by atoms with Gasteiger partial charge in [-0.2, -0.15) is 12.6 Å². The molecule has 17 heavy (non-hydrogen) atoms. The van der Waals surface area contributed by atoms with Crippen LogP contribution in [0.2, 0.25) is 0 Å². The van der Waals surface area contributed by atoms with E-state index in [1.165, 1.54) is 51.4 Å². The van der Waals surface area contributed by atoms with E-state index in [2.05, 4.69) is 19.6 Å². The largest absolute Gasteiger partial charge is 0.281 e. The first-order chi connectivity index (χ1) is 8.13. The van der Waals surface area contributed by atoms with Gasteiger partial charge in [-0.1, -0.05) is 58.3 Å². The first kappa shape index (κ1) is 17.3. The predicted octanol–water partition coefficient (Wildman–Crippen LogP) is 5.36. The first-order valence-electron chi connectivity index (χ1n) is 6.99. The minimum atomic E-state index is -0.191. The van der Waals surface area contributed by atoms with Gasteiger partial charge in [-0.25, -0.2) is 0 Å². The molecule has 0 aromatic carbocycles. The zero-order valence-electron chi connectivity index (χ0n) is 11.1. The highest BCUT2D eigenvalue weighted by molar-refractivity contribution is 7.80. The zero-order chi connectivity index (χ0) is 12.9. The van der Waals surface area contributed by atoms with Gasteiger partial charge in [0.25, 0.3) is 0 Å². The molecule has 0 aromatic heterocycles. The maximum Gasteiger partial charge on any atom is 0.221 e. The van der Waals surface area contributed by atoms with Gasteiger partial charge in [0.2, 0.25) is 5.24 Å². The van der Waals surface area contributed by atoms with Crippen molar-refractivity contribution in [3.05, 3.63) is 0 Å². The number of halogens is 1. The molecule has 0 spiro atoms. The highest BCUT2D eigenvalue weighted by Crippen LogP contribution is 2.13. The van der Waals surface area contributed by atoms with E-state index in [4.69, 9.17) is 11.6 Å². The highest BCUT2D eigenvalue weighted by Gasteiger charge is 1.97. The van der Waals surface area contributed by atoms with E-state index < -0.39 is 0 Å². The Bertz CT molecular complexity index is 183. The van der Waals surface area contributed by atoms with E-state index >= 15 is 0 Å². The highest BCUT2D eigenvalue weighted by atomic mass is 35.5. The summed E-state index contributed by atoms with van der Waals surface area (Å²) in [4.78, 5) is 10.5. The third-order valence-corrected chi connectivity index (χ3v) is 3.44. The van der Waals surface area contributed by atoms with E-state index in [1.807, 2.05) is 0 Å². The summed E-state index contributed by atoms with van der Waals surface area (Å²) in [6, 6.07) is 0. The Labute approximate surface area is 117 Å². The molecule has 0 saturated heterocycles. The molecule has 0 aliphatic rings. The number of unbranched alkanes of at least 4 members (excludes halogenated alkanes) is 8. The molecule has 0 aromatic rings. The number of hydrogen-bond acceptors (Lipinski definition) is 2. The Hall–Kier alpha value is 0.310. The fourth-order valence-corrected chi connectivity index (χ4v) is 2.26. The molecule has 0 saturated carbocycles. The summed E-state index contributed by atoms with van der Waals surface area (Å²) in [5, 5.41) is 0.364. The normalized spacial score (nSPS) is 12.6. The lowest BCUT2D eigenvalue weighted by Crippen LogP contribution is -1.90. The number of rotatable bonds is 12. The van der Waals surface area contributed by atoms with Gasteiger partial charge in [-0.15, -0.1) is 0 Å². The molecule has 3 heteroatoms. The van der Waals surface area contributed by atoms with Gasteiger partial charge in [-0.3, -0.25) is 4.79 Å². The monoisotopic (exact) mass is 278 g/mol. The van der Waals surface area contributed by atoms with E-state index in [9.17, 15) is 4.79 Å². The van der Waals surface area contributed by atoms with Gasteiger partial charge in [0.15, 0.2) is 0 Å². The Morgan fingerprint density at radius 2 is 1.35 bits per heavy atom. The molecule has 1 nitrogen and oxygen atoms in total. The topological polar surface area (TPSA) is 17.1 Å². The van der Waals surface area contributed by atoms with E-state index in [-0.39, 0.29) is 5.24 Å². The second-order valence-electron chi connectivity index (χ2n) is 4.92. The second-order valence-corrected chi connectivity index (χ2v) is 6.23. The molecule has 0 N–H and O–H groups in total. The SMILES string of the molecule is CC(S)CCCCCCCCCCCC(=O)Cl. The molecule has 0 bridgehead atoms. The van der Waals surface area contributed by atoms with Crippen LogP contribution in [-0.4, -0.2) is 10.5 Å². The molecule has 102 valence electrons. The maximum absolute atomic E-state index is 10.5. The average molecular weight is 279 g/mol. The summed E-state index contributed by atoms with van der Waals surface area (Å²) in [5.41, 5.74) is 0. The first-order valence-corrected chi connectivity index (χ1v) is 7.88. The summed E-state index contributed by atoms with van der Waals surface area (Å²) in [7, 11) is 0. The summed E-state index contributed by atoms with van der Waals surface area (Å²) in [6.07, 6.45) is 13.2. The molecule has 0 heterocycles. The van der Waals surface area contributed by atoms with Crippen molar-refractivity contribution in [3.63, 3.8) is 0 Å². The lowest BCUT2D eigenvalue weighted by atomic mass is 10.1. The van der Waals surface area contributed by atoms with Gasteiger partial charge in [-0.05, 0) is 29.7 Å². The van der Waals surface area contributed by atoms with Crippen molar-refractivity contribution in [1.29, 1.82) is 0 Å². The smallest absolute Gasteiger partial charge is 0.221 e.